The SMILES string of the molecule is CC1(C2CCC2)CC2(CCC2)C1. The van der Waals surface area contributed by atoms with Crippen molar-refractivity contribution in [1.82, 2.24) is 0 Å². The summed E-state index contributed by atoms with van der Waals surface area (Å²) in [5.74, 6) is 1.13. The van der Waals surface area contributed by atoms with Crippen LogP contribution < -0.4 is 0 Å². The molecule has 0 aromatic rings. The Hall–Kier alpha value is 0. The summed E-state index contributed by atoms with van der Waals surface area (Å²) in [7, 11) is 0. The average Bonchev–Trinajstić information content (AvgIpc) is 1.72. The Balaban J connectivity index is 1.65. The molecule has 0 atom stereocenters. The van der Waals surface area contributed by atoms with Gasteiger partial charge in [-0.25, -0.2) is 0 Å². The van der Waals surface area contributed by atoms with E-state index < -0.39 is 0 Å². The van der Waals surface area contributed by atoms with Crippen LogP contribution in [0.5, 0.6) is 0 Å². The largest absolute Gasteiger partial charge is 0.0593 e. The van der Waals surface area contributed by atoms with Crippen molar-refractivity contribution in [3.8, 4) is 0 Å². The van der Waals surface area contributed by atoms with Crippen molar-refractivity contribution in [1.29, 1.82) is 0 Å². The highest BCUT2D eigenvalue weighted by atomic mass is 14.6. The average molecular weight is 164 g/mol. The lowest BCUT2D eigenvalue weighted by Gasteiger charge is -2.64. The zero-order valence-electron chi connectivity index (χ0n) is 8.23. The zero-order valence-corrected chi connectivity index (χ0v) is 8.23. The molecule has 0 radical (unpaired) electrons. The van der Waals surface area contributed by atoms with Gasteiger partial charge in [0.2, 0.25) is 0 Å². The molecule has 0 aromatic heterocycles. The summed E-state index contributed by atoms with van der Waals surface area (Å²) < 4.78 is 0. The number of hydrogen-bond donors (Lipinski definition) is 0. The van der Waals surface area contributed by atoms with Crippen LogP contribution in [0.1, 0.15) is 58.3 Å². The maximum Gasteiger partial charge on any atom is -0.0287 e. The van der Waals surface area contributed by atoms with Gasteiger partial charge in [0.15, 0.2) is 0 Å². The van der Waals surface area contributed by atoms with Gasteiger partial charge < -0.3 is 0 Å². The van der Waals surface area contributed by atoms with Crippen LogP contribution in [0.3, 0.4) is 0 Å². The fraction of sp³-hybridized carbons (Fsp3) is 1.00. The monoisotopic (exact) mass is 164 g/mol. The quantitative estimate of drug-likeness (QED) is 0.553. The first-order valence-electron chi connectivity index (χ1n) is 5.73. The maximum absolute atomic E-state index is 2.56. The first-order chi connectivity index (χ1) is 5.73. The summed E-state index contributed by atoms with van der Waals surface area (Å²) in [6, 6.07) is 0. The van der Waals surface area contributed by atoms with Crippen LogP contribution in [-0.2, 0) is 0 Å². The first-order valence-corrected chi connectivity index (χ1v) is 5.73. The van der Waals surface area contributed by atoms with Crippen molar-refractivity contribution in [2.45, 2.75) is 58.3 Å². The van der Waals surface area contributed by atoms with E-state index in [4.69, 9.17) is 0 Å². The molecule has 1 spiro atoms. The molecule has 3 fully saturated rings. The Bertz CT molecular complexity index is 188. The predicted octanol–water partition coefficient (Wildman–Crippen LogP) is 3.76. The molecule has 68 valence electrons. The summed E-state index contributed by atoms with van der Waals surface area (Å²) in [6.45, 7) is 2.56. The van der Waals surface area contributed by atoms with Crippen molar-refractivity contribution in [3.63, 3.8) is 0 Å². The van der Waals surface area contributed by atoms with Gasteiger partial charge >= 0.3 is 0 Å². The summed E-state index contributed by atoms with van der Waals surface area (Å²) in [5.41, 5.74) is 1.70. The maximum atomic E-state index is 2.56. The van der Waals surface area contributed by atoms with Crippen LogP contribution in [0, 0.1) is 16.7 Å². The van der Waals surface area contributed by atoms with E-state index >= 15 is 0 Å². The smallest absolute Gasteiger partial charge is 0.0287 e. The summed E-state index contributed by atoms with van der Waals surface area (Å²) in [6.07, 6.45) is 12.5. The minimum Gasteiger partial charge on any atom is -0.0593 e. The molecule has 12 heavy (non-hydrogen) atoms. The van der Waals surface area contributed by atoms with Crippen LogP contribution in [-0.4, -0.2) is 0 Å². The molecule has 0 saturated heterocycles. The topological polar surface area (TPSA) is 0 Å². The molecule has 0 heterocycles. The third kappa shape index (κ3) is 0.791. The molecule has 0 heteroatoms. The third-order valence-electron chi connectivity index (χ3n) is 5.06. The zero-order chi connectivity index (χ0) is 8.23. The second kappa shape index (κ2) is 2.08. The normalized spacial score (nSPS) is 36.8. The van der Waals surface area contributed by atoms with Crippen molar-refractivity contribution in [3.05, 3.63) is 0 Å². The molecular weight excluding hydrogens is 144 g/mol. The van der Waals surface area contributed by atoms with E-state index in [0.29, 0.717) is 0 Å². The van der Waals surface area contributed by atoms with Gasteiger partial charge in [-0.3, -0.25) is 0 Å². The van der Waals surface area contributed by atoms with E-state index in [2.05, 4.69) is 6.92 Å². The molecule has 3 aliphatic carbocycles. The molecule has 3 aliphatic rings. The van der Waals surface area contributed by atoms with Gasteiger partial charge in [0.05, 0.1) is 0 Å². The number of rotatable bonds is 1. The summed E-state index contributed by atoms with van der Waals surface area (Å²) in [5, 5.41) is 0. The molecular formula is C12H20. The Kier molecular flexibility index (Phi) is 1.28. The molecule has 0 unspecified atom stereocenters. The Morgan fingerprint density at radius 3 is 2.00 bits per heavy atom. The highest BCUT2D eigenvalue weighted by Crippen LogP contribution is 2.68. The molecule has 0 aliphatic heterocycles. The standard InChI is InChI=1S/C12H20/c1-11(10-4-2-5-10)8-12(9-11)6-3-7-12/h10H,2-9H2,1H3. The minimum absolute atomic E-state index is 0.804. The van der Waals surface area contributed by atoms with E-state index in [1.54, 1.807) is 38.5 Å². The minimum atomic E-state index is 0.804. The molecule has 0 bridgehead atoms. The second-order valence-corrected chi connectivity index (χ2v) is 5.99. The molecule has 3 rings (SSSR count). The lowest BCUT2D eigenvalue weighted by atomic mass is 9.41. The summed E-state index contributed by atoms with van der Waals surface area (Å²) in [4.78, 5) is 0. The lowest BCUT2D eigenvalue weighted by molar-refractivity contribution is -0.134. The summed E-state index contributed by atoms with van der Waals surface area (Å²) >= 11 is 0. The van der Waals surface area contributed by atoms with E-state index in [-0.39, 0.29) is 0 Å². The van der Waals surface area contributed by atoms with Crippen LogP contribution in [0.2, 0.25) is 0 Å². The fourth-order valence-electron chi connectivity index (χ4n) is 4.09. The highest BCUT2D eigenvalue weighted by molar-refractivity contribution is 5.08. The van der Waals surface area contributed by atoms with Crippen molar-refractivity contribution >= 4 is 0 Å². The molecule has 0 nitrogen and oxygen atoms in total. The second-order valence-electron chi connectivity index (χ2n) is 5.99. The van der Waals surface area contributed by atoms with Crippen LogP contribution in [0.25, 0.3) is 0 Å². The van der Waals surface area contributed by atoms with Crippen molar-refractivity contribution < 1.29 is 0 Å². The van der Waals surface area contributed by atoms with Gasteiger partial charge in [-0.2, -0.15) is 0 Å². The van der Waals surface area contributed by atoms with Crippen molar-refractivity contribution in [2.75, 3.05) is 0 Å². The lowest BCUT2D eigenvalue weighted by Crippen LogP contribution is -2.53. The molecule has 0 amide bonds. The van der Waals surface area contributed by atoms with Gasteiger partial charge in [-0.05, 0) is 55.3 Å². The van der Waals surface area contributed by atoms with E-state index in [0.717, 1.165) is 16.7 Å². The van der Waals surface area contributed by atoms with E-state index in [1.165, 1.54) is 12.8 Å². The predicted molar refractivity (Wildman–Crippen MR) is 51.0 cm³/mol. The van der Waals surface area contributed by atoms with Crippen LogP contribution in [0.15, 0.2) is 0 Å². The fourth-order valence-corrected chi connectivity index (χ4v) is 4.09. The van der Waals surface area contributed by atoms with Gasteiger partial charge in [-0.15, -0.1) is 0 Å². The molecule has 0 aromatic carbocycles. The van der Waals surface area contributed by atoms with E-state index in [9.17, 15) is 0 Å². The Morgan fingerprint density at radius 1 is 1.00 bits per heavy atom. The third-order valence-corrected chi connectivity index (χ3v) is 5.06. The van der Waals surface area contributed by atoms with Crippen LogP contribution >= 0.6 is 0 Å². The van der Waals surface area contributed by atoms with Crippen molar-refractivity contribution in [2.24, 2.45) is 16.7 Å². The van der Waals surface area contributed by atoms with Gasteiger partial charge in [0, 0.05) is 0 Å². The molecule has 0 N–H and O–H groups in total. The van der Waals surface area contributed by atoms with Gasteiger partial charge in [0.25, 0.3) is 0 Å². The van der Waals surface area contributed by atoms with Gasteiger partial charge in [-0.1, -0.05) is 19.8 Å². The van der Waals surface area contributed by atoms with E-state index in [1.807, 2.05) is 0 Å². The first kappa shape index (κ1) is 7.41. The Morgan fingerprint density at radius 2 is 1.67 bits per heavy atom. The molecule has 3 saturated carbocycles. The van der Waals surface area contributed by atoms with Gasteiger partial charge in [0.1, 0.15) is 0 Å². The highest BCUT2D eigenvalue weighted by Gasteiger charge is 2.57. The van der Waals surface area contributed by atoms with Crippen LogP contribution in [0.4, 0.5) is 0 Å². The number of hydrogen-bond acceptors (Lipinski definition) is 0. The Labute approximate surface area is 75.7 Å².